The molecule has 1 N–H and O–H groups in total. The van der Waals surface area contributed by atoms with Crippen LogP contribution in [0.1, 0.15) is 15.9 Å². The highest BCUT2D eigenvalue weighted by atomic mass is 28.3. The molecule has 2 aromatic carbocycles. The molecule has 0 radical (unpaired) electrons. The Kier molecular flexibility index (Phi) is 2.83. The molecule has 1 atom stereocenters. The number of hydrogen-bond acceptors (Lipinski definition) is 2. The smallest absolute Gasteiger partial charge is 0.175 e. The van der Waals surface area contributed by atoms with E-state index < -0.39 is 8.07 Å². The van der Waals surface area contributed by atoms with Crippen molar-refractivity contribution in [2.75, 3.05) is 0 Å². The highest BCUT2D eigenvalue weighted by Gasteiger charge is 2.42. The van der Waals surface area contributed by atoms with Crippen LogP contribution in [0.5, 0.6) is 5.75 Å². The van der Waals surface area contributed by atoms with Gasteiger partial charge in [-0.1, -0.05) is 55.2 Å². The Morgan fingerprint density at radius 2 is 1.74 bits per heavy atom. The first-order chi connectivity index (χ1) is 10.9. The normalized spacial score (nSPS) is 18.7. The number of benzene rings is 2. The van der Waals surface area contributed by atoms with E-state index in [1.54, 1.807) is 12.1 Å². The van der Waals surface area contributed by atoms with Crippen molar-refractivity contribution in [3.05, 3.63) is 64.0 Å². The van der Waals surface area contributed by atoms with Crippen LogP contribution in [-0.2, 0) is 0 Å². The number of aromatic hydroxyl groups is 1. The van der Waals surface area contributed by atoms with Crippen molar-refractivity contribution in [1.29, 1.82) is 0 Å². The first-order valence-electron chi connectivity index (χ1n) is 7.86. The van der Waals surface area contributed by atoms with Crippen LogP contribution in [-0.4, -0.2) is 19.0 Å². The van der Waals surface area contributed by atoms with Gasteiger partial charge in [-0.2, -0.15) is 0 Å². The maximum absolute atomic E-state index is 13.1. The number of fused-ring (bicyclic) bond motifs is 4. The van der Waals surface area contributed by atoms with Gasteiger partial charge in [0.25, 0.3) is 0 Å². The average molecular weight is 318 g/mol. The zero-order valence-corrected chi connectivity index (χ0v) is 14.5. The van der Waals surface area contributed by atoms with Gasteiger partial charge in [-0.3, -0.25) is 4.79 Å². The van der Waals surface area contributed by atoms with E-state index in [2.05, 4.69) is 25.4 Å². The molecule has 0 aromatic heterocycles. The lowest BCUT2D eigenvalue weighted by Gasteiger charge is -2.28. The molecule has 3 heteroatoms. The van der Waals surface area contributed by atoms with Gasteiger partial charge in [0.1, 0.15) is 5.75 Å². The summed E-state index contributed by atoms with van der Waals surface area (Å²) >= 11 is 0. The van der Waals surface area contributed by atoms with Crippen molar-refractivity contribution in [2.45, 2.75) is 19.6 Å². The van der Waals surface area contributed by atoms with E-state index in [0.717, 1.165) is 27.1 Å². The van der Waals surface area contributed by atoms with E-state index >= 15 is 0 Å². The third-order valence-electron chi connectivity index (χ3n) is 4.69. The Bertz CT molecular complexity index is 1020. The lowest BCUT2D eigenvalue weighted by Crippen LogP contribution is -2.42. The lowest BCUT2D eigenvalue weighted by molar-refractivity contribution is 0.0980. The molecule has 114 valence electrons. The molecule has 0 fully saturated rings. The highest BCUT2D eigenvalue weighted by Crippen LogP contribution is 2.43. The Labute approximate surface area is 136 Å². The van der Waals surface area contributed by atoms with Crippen LogP contribution >= 0.6 is 0 Å². The SMILES string of the molecule is C[Si](C)(C)C1=c2ccc(O)cc2=C=C2c3ccccc3C(=O)C21. The van der Waals surface area contributed by atoms with Crippen LogP contribution < -0.4 is 10.4 Å². The van der Waals surface area contributed by atoms with Crippen molar-refractivity contribution in [1.82, 2.24) is 0 Å². The van der Waals surface area contributed by atoms with E-state index in [1.165, 1.54) is 5.20 Å². The van der Waals surface area contributed by atoms with E-state index in [0.29, 0.717) is 0 Å². The summed E-state index contributed by atoms with van der Waals surface area (Å²) in [6, 6.07) is 13.2. The second-order valence-corrected chi connectivity index (χ2v) is 12.3. The maximum Gasteiger partial charge on any atom is 0.175 e. The van der Waals surface area contributed by atoms with Crippen LogP contribution in [0.15, 0.2) is 42.5 Å². The molecule has 2 aliphatic carbocycles. The maximum atomic E-state index is 13.1. The van der Waals surface area contributed by atoms with Gasteiger partial charge in [0.15, 0.2) is 5.78 Å². The zero-order chi connectivity index (χ0) is 16.4. The minimum atomic E-state index is -1.74. The highest BCUT2D eigenvalue weighted by molar-refractivity contribution is 6.93. The number of Topliss-reactive ketones (excluding diaryl/α,β-unsaturated/α-hetero) is 1. The number of rotatable bonds is 1. The summed E-state index contributed by atoms with van der Waals surface area (Å²) in [7, 11) is -1.74. The van der Waals surface area contributed by atoms with Crippen molar-refractivity contribution in [2.24, 2.45) is 5.92 Å². The van der Waals surface area contributed by atoms with Crippen LogP contribution in [0.2, 0.25) is 19.6 Å². The molecule has 0 aliphatic heterocycles. The lowest BCUT2D eigenvalue weighted by atomic mass is 9.93. The molecule has 0 saturated heterocycles. The molecule has 2 aromatic rings. The molecule has 0 saturated carbocycles. The largest absolute Gasteiger partial charge is 0.508 e. The summed E-state index contributed by atoms with van der Waals surface area (Å²) < 4.78 is 0. The molecular formula is C20H18O2Si. The van der Waals surface area contributed by atoms with E-state index in [-0.39, 0.29) is 17.5 Å². The monoisotopic (exact) mass is 318 g/mol. The predicted molar refractivity (Wildman–Crippen MR) is 95.2 cm³/mol. The number of ketones is 1. The van der Waals surface area contributed by atoms with Gasteiger partial charge < -0.3 is 5.11 Å². The Morgan fingerprint density at radius 1 is 1.04 bits per heavy atom. The molecule has 0 heterocycles. The van der Waals surface area contributed by atoms with Crippen LogP contribution in [0.3, 0.4) is 0 Å². The summed E-state index contributed by atoms with van der Waals surface area (Å²) in [6.45, 7) is 6.83. The molecule has 4 rings (SSSR count). The number of carbonyl (C=O) groups is 1. The summed E-state index contributed by atoms with van der Waals surface area (Å²) in [6.07, 6.45) is 0. The zero-order valence-electron chi connectivity index (χ0n) is 13.5. The molecule has 2 nitrogen and oxygen atoms in total. The van der Waals surface area contributed by atoms with Gasteiger partial charge in [0.05, 0.1) is 14.0 Å². The molecular weight excluding hydrogens is 300 g/mol. The Balaban J connectivity index is 2.20. The second kappa shape index (κ2) is 4.57. The summed E-state index contributed by atoms with van der Waals surface area (Å²) in [5.41, 5.74) is 6.19. The van der Waals surface area contributed by atoms with Gasteiger partial charge >= 0.3 is 0 Å². The van der Waals surface area contributed by atoms with Gasteiger partial charge in [-0.05, 0) is 22.9 Å². The molecule has 1 unspecified atom stereocenters. The second-order valence-electron chi connectivity index (χ2n) is 7.28. The molecule has 23 heavy (non-hydrogen) atoms. The van der Waals surface area contributed by atoms with E-state index in [1.807, 2.05) is 30.3 Å². The average Bonchev–Trinajstić information content (AvgIpc) is 2.77. The Morgan fingerprint density at radius 3 is 2.43 bits per heavy atom. The minimum Gasteiger partial charge on any atom is -0.508 e. The van der Waals surface area contributed by atoms with Gasteiger partial charge in [-0.15, -0.1) is 5.73 Å². The third kappa shape index (κ3) is 1.98. The third-order valence-corrected chi connectivity index (χ3v) is 6.87. The number of phenols is 1. The molecule has 0 spiro atoms. The van der Waals surface area contributed by atoms with Crippen molar-refractivity contribution in [3.8, 4) is 5.75 Å². The predicted octanol–water partition coefficient (Wildman–Crippen LogP) is 2.71. The van der Waals surface area contributed by atoms with Crippen molar-refractivity contribution in [3.63, 3.8) is 0 Å². The van der Waals surface area contributed by atoms with Crippen LogP contribution in [0.4, 0.5) is 0 Å². The van der Waals surface area contributed by atoms with Gasteiger partial charge in [0.2, 0.25) is 0 Å². The van der Waals surface area contributed by atoms with Crippen molar-refractivity contribution >= 4 is 30.4 Å². The molecule has 0 bridgehead atoms. The first-order valence-corrected chi connectivity index (χ1v) is 11.4. The van der Waals surface area contributed by atoms with Crippen molar-refractivity contribution < 1.29 is 9.90 Å². The van der Waals surface area contributed by atoms with E-state index in [9.17, 15) is 9.90 Å². The quantitative estimate of drug-likeness (QED) is 0.821. The number of hydrogen-bond donors (Lipinski definition) is 1. The van der Waals surface area contributed by atoms with Crippen LogP contribution in [0, 0.1) is 5.92 Å². The number of carbonyl (C=O) groups excluding carboxylic acids is 1. The minimum absolute atomic E-state index is 0.194. The first kappa shape index (κ1) is 14.3. The fourth-order valence-corrected chi connectivity index (χ4v) is 5.97. The summed E-state index contributed by atoms with van der Waals surface area (Å²) in [5.74, 6) is 0.234. The molecule has 2 aliphatic rings. The Hall–Kier alpha value is -2.35. The number of allylic oxidation sites excluding steroid dienone is 1. The summed E-state index contributed by atoms with van der Waals surface area (Å²) in [4.78, 5) is 13.1. The van der Waals surface area contributed by atoms with Gasteiger partial charge in [0, 0.05) is 16.4 Å². The van der Waals surface area contributed by atoms with Gasteiger partial charge in [-0.25, -0.2) is 0 Å². The van der Waals surface area contributed by atoms with Crippen LogP contribution in [0.25, 0.3) is 16.5 Å². The number of phenolic OH excluding ortho intramolecular Hbond substituents is 1. The summed E-state index contributed by atoms with van der Waals surface area (Å²) in [5, 5.41) is 13.1. The fraction of sp³-hybridized carbons (Fsp3) is 0.200. The fourth-order valence-electron chi connectivity index (χ4n) is 3.80. The standard InChI is InChI=1S/C20H18O2Si/c1-23(2,3)20-14-9-8-13(21)10-12(14)11-17-15-6-4-5-7-16(15)19(22)18(17)20/h4-10,18,21H,1-3H3. The topological polar surface area (TPSA) is 37.3 Å². The van der Waals surface area contributed by atoms with E-state index in [4.69, 9.17) is 0 Å². The molecule has 0 amide bonds.